The molecule has 3 unspecified atom stereocenters. The number of phosphoric ester groups is 1. The number of hydrogen-bond acceptors (Lipinski definition) is 6. The third kappa shape index (κ3) is 57.6. The number of carbonyl (C=O) groups excluding carboxylic acids is 1. The van der Waals surface area contributed by atoms with E-state index in [9.17, 15) is 19.4 Å². The normalized spacial score (nSPS) is 14.3. The summed E-state index contributed by atoms with van der Waals surface area (Å²) < 4.78 is 23.5. The Morgan fingerprint density at radius 1 is 0.486 bits per heavy atom. The van der Waals surface area contributed by atoms with E-state index >= 15 is 0 Å². The molecule has 0 bridgehead atoms. The molecular weight excluding hydrogens is 936 g/mol. The summed E-state index contributed by atoms with van der Waals surface area (Å²) in [5.74, 6) is -0.173. The molecule has 74 heavy (non-hydrogen) atoms. The number of likely N-dealkylation sites (N-methyl/N-ethyl adjacent to an activating group) is 1. The molecule has 432 valence electrons. The Morgan fingerprint density at radius 3 is 1.20 bits per heavy atom. The van der Waals surface area contributed by atoms with E-state index in [0.717, 1.165) is 83.5 Å². The fourth-order valence-corrected chi connectivity index (χ4v) is 9.83. The van der Waals surface area contributed by atoms with Crippen molar-refractivity contribution in [1.82, 2.24) is 5.32 Å². The van der Waals surface area contributed by atoms with Gasteiger partial charge in [-0.05, 0) is 64.2 Å². The fraction of sp³-hybridized carbons (Fsp3) is 0.800. The number of carbonyl (C=O) groups is 1. The first-order valence-electron chi connectivity index (χ1n) is 31.3. The maximum Gasteiger partial charge on any atom is 0.268 e. The predicted octanol–water partition coefficient (Wildman–Crippen LogP) is 18.8. The summed E-state index contributed by atoms with van der Waals surface area (Å²) in [6, 6.07) is -0.811. The average molecular weight is 1060 g/mol. The van der Waals surface area contributed by atoms with Gasteiger partial charge in [0.05, 0.1) is 39.9 Å². The third-order valence-corrected chi connectivity index (χ3v) is 14.9. The van der Waals surface area contributed by atoms with Crippen molar-refractivity contribution in [2.45, 2.75) is 296 Å². The second-order valence-corrected chi connectivity index (χ2v) is 23.8. The summed E-state index contributed by atoms with van der Waals surface area (Å²) >= 11 is 0. The molecule has 0 aliphatic rings. The zero-order chi connectivity index (χ0) is 54.2. The van der Waals surface area contributed by atoms with E-state index in [1.807, 2.05) is 21.1 Å². The number of hydrogen-bond donors (Lipinski definition) is 2. The minimum absolute atomic E-state index is 0.00768. The summed E-state index contributed by atoms with van der Waals surface area (Å²) in [7, 11) is 1.30. The molecule has 0 saturated carbocycles. The SMILES string of the molecule is CC/C=C\C/C=C\C/C=C\C/C=C\C/C=C\C/C=C\CCCCCCCCCCC(=O)NC(COP(=O)([O-])OCC[N+](C)(C)C)C(O)CCCCCCCCCCCCCCCCCCCCCCCCCCC. The van der Waals surface area contributed by atoms with Gasteiger partial charge >= 0.3 is 0 Å². The maximum absolute atomic E-state index is 13.0. The second-order valence-electron chi connectivity index (χ2n) is 22.4. The van der Waals surface area contributed by atoms with Gasteiger partial charge in [-0.1, -0.05) is 286 Å². The minimum atomic E-state index is -4.58. The summed E-state index contributed by atoms with van der Waals surface area (Å²) in [6.45, 7) is 4.63. The number of amides is 1. The predicted molar refractivity (Wildman–Crippen MR) is 320 cm³/mol. The number of aliphatic hydroxyl groups excluding tert-OH is 1. The van der Waals surface area contributed by atoms with Crippen molar-refractivity contribution in [3.63, 3.8) is 0 Å². The molecular formula is C65H121N2O6P. The lowest BCUT2D eigenvalue weighted by atomic mass is 10.0. The number of nitrogens with zero attached hydrogens (tertiary/aromatic N) is 1. The topological polar surface area (TPSA) is 108 Å². The molecule has 0 aliphatic carbocycles. The highest BCUT2D eigenvalue weighted by molar-refractivity contribution is 7.45. The van der Waals surface area contributed by atoms with Gasteiger partial charge in [0, 0.05) is 6.42 Å². The maximum atomic E-state index is 13.0. The van der Waals surface area contributed by atoms with E-state index in [-0.39, 0.29) is 19.1 Å². The molecule has 3 atom stereocenters. The van der Waals surface area contributed by atoms with Gasteiger partial charge in [0.25, 0.3) is 7.82 Å². The van der Waals surface area contributed by atoms with Gasteiger partial charge in [-0.3, -0.25) is 9.36 Å². The third-order valence-electron chi connectivity index (χ3n) is 14.0. The van der Waals surface area contributed by atoms with E-state index in [0.29, 0.717) is 23.9 Å². The zero-order valence-electron chi connectivity index (χ0n) is 49.3. The summed E-state index contributed by atoms with van der Waals surface area (Å²) in [6.07, 6.45) is 76.6. The van der Waals surface area contributed by atoms with Crippen LogP contribution in [0.5, 0.6) is 0 Å². The quantitative estimate of drug-likeness (QED) is 0.0272. The Labute approximate surface area is 459 Å². The number of allylic oxidation sites excluding steroid dienone is 12. The van der Waals surface area contributed by atoms with Crippen LogP contribution in [-0.2, 0) is 18.4 Å². The molecule has 0 spiro atoms. The lowest BCUT2D eigenvalue weighted by Crippen LogP contribution is -2.46. The molecule has 0 radical (unpaired) electrons. The van der Waals surface area contributed by atoms with Crippen LogP contribution in [0.3, 0.4) is 0 Å². The van der Waals surface area contributed by atoms with Crippen molar-refractivity contribution >= 4 is 13.7 Å². The van der Waals surface area contributed by atoms with Crippen molar-refractivity contribution in [3.05, 3.63) is 72.9 Å². The minimum Gasteiger partial charge on any atom is -0.756 e. The molecule has 0 heterocycles. The number of nitrogens with one attached hydrogen (secondary N) is 1. The van der Waals surface area contributed by atoms with Gasteiger partial charge in [-0.2, -0.15) is 0 Å². The molecule has 2 N–H and O–H groups in total. The number of unbranched alkanes of at least 4 members (excludes halogenated alkanes) is 32. The van der Waals surface area contributed by atoms with Crippen LogP contribution >= 0.6 is 7.82 Å². The molecule has 8 nitrogen and oxygen atoms in total. The second kappa shape index (κ2) is 55.7. The zero-order valence-corrected chi connectivity index (χ0v) is 50.2. The van der Waals surface area contributed by atoms with Crippen LogP contribution in [0.4, 0.5) is 0 Å². The van der Waals surface area contributed by atoms with Crippen LogP contribution in [0.15, 0.2) is 72.9 Å². The van der Waals surface area contributed by atoms with Crippen molar-refractivity contribution in [2.75, 3.05) is 40.9 Å². The van der Waals surface area contributed by atoms with Crippen LogP contribution in [0.2, 0.25) is 0 Å². The molecule has 0 aromatic rings. The standard InChI is InChI=1S/C65H121N2O6P/c1-6-8-10-12-14-16-18-20-22-24-26-28-30-32-33-35-37-39-41-43-45-47-49-51-53-55-57-59-65(69)66-63(62-73-74(70,71)72-61-60-67(3,4)5)64(68)58-56-54-52-50-48-46-44-42-40-38-36-34-31-29-27-25-23-21-19-17-15-13-11-9-7-2/h8,10,14,16,20,22,26,28,32-33,37,39,63-64,68H,6-7,9,11-13,15,17-19,21,23-25,27,29-31,34-36,38,40-62H2,1-5H3,(H-,66,69,70,71)/b10-8-,16-14-,22-20-,28-26-,33-32-,39-37-. The van der Waals surface area contributed by atoms with Gasteiger partial charge in [0.15, 0.2) is 0 Å². The van der Waals surface area contributed by atoms with Crippen molar-refractivity contribution < 1.29 is 32.9 Å². The summed E-state index contributed by atoms with van der Waals surface area (Å²) in [5.41, 5.74) is 0. The van der Waals surface area contributed by atoms with E-state index in [2.05, 4.69) is 92.1 Å². The number of aliphatic hydroxyl groups is 1. The van der Waals surface area contributed by atoms with E-state index in [4.69, 9.17) is 9.05 Å². The number of phosphoric acid groups is 1. The van der Waals surface area contributed by atoms with Crippen LogP contribution in [0.25, 0.3) is 0 Å². The van der Waals surface area contributed by atoms with Crippen LogP contribution < -0.4 is 10.2 Å². The first kappa shape index (κ1) is 71.9. The summed E-state index contributed by atoms with van der Waals surface area (Å²) in [4.78, 5) is 25.6. The monoisotopic (exact) mass is 1060 g/mol. The Kier molecular flexibility index (Phi) is 54.1. The van der Waals surface area contributed by atoms with Gasteiger partial charge in [-0.25, -0.2) is 0 Å². The highest BCUT2D eigenvalue weighted by Gasteiger charge is 2.24. The molecule has 0 rings (SSSR count). The molecule has 9 heteroatoms. The first-order valence-corrected chi connectivity index (χ1v) is 32.7. The van der Waals surface area contributed by atoms with Crippen molar-refractivity contribution in [1.29, 1.82) is 0 Å². The Morgan fingerprint density at radius 2 is 0.824 bits per heavy atom. The first-order chi connectivity index (χ1) is 36.0. The highest BCUT2D eigenvalue weighted by Crippen LogP contribution is 2.38. The fourth-order valence-electron chi connectivity index (χ4n) is 9.10. The highest BCUT2D eigenvalue weighted by atomic mass is 31.2. The molecule has 0 aromatic carbocycles. The van der Waals surface area contributed by atoms with Crippen LogP contribution in [0, 0.1) is 0 Å². The average Bonchev–Trinajstić information content (AvgIpc) is 3.36. The molecule has 0 fully saturated rings. The molecule has 0 aromatic heterocycles. The largest absolute Gasteiger partial charge is 0.756 e. The Balaban J connectivity index is 4.16. The van der Waals surface area contributed by atoms with Crippen LogP contribution in [0.1, 0.15) is 284 Å². The Bertz CT molecular complexity index is 1430. The van der Waals surface area contributed by atoms with Gasteiger partial charge in [0.1, 0.15) is 13.2 Å². The smallest absolute Gasteiger partial charge is 0.268 e. The van der Waals surface area contributed by atoms with Crippen LogP contribution in [-0.4, -0.2) is 68.5 Å². The van der Waals surface area contributed by atoms with E-state index in [1.165, 1.54) is 173 Å². The van der Waals surface area contributed by atoms with Crippen molar-refractivity contribution in [3.8, 4) is 0 Å². The number of rotatable bonds is 57. The lowest BCUT2D eigenvalue weighted by molar-refractivity contribution is -0.870. The summed E-state index contributed by atoms with van der Waals surface area (Å²) in [5, 5.41) is 14.1. The van der Waals surface area contributed by atoms with E-state index in [1.54, 1.807) is 0 Å². The lowest BCUT2D eigenvalue weighted by Gasteiger charge is -2.30. The van der Waals surface area contributed by atoms with Gasteiger partial charge < -0.3 is 28.8 Å². The van der Waals surface area contributed by atoms with Gasteiger partial charge in [-0.15, -0.1) is 0 Å². The van der Waals surface area contributed by atoms with Crippen molar-refractivity contribution in [2.24, 2.45) is 0 Å². The molecule has 0 aliphatic heterocycles. The van der Waals surface area contributed by atoms with Gasteiger partial charge in [0.2, 0.25) is 5.91 Å². The number of quaternary nitrogens is 1. The van der Waals surface area contributed by atoms with E-state index < -0.39 is 20.0 Å². The molecule has 1 amide bonds. The Hall–Kier alpha value is -2.06. The molecule has 0 saturated heterocycles.